The van der Waals surface area contributed by atoms with Gasteiger partial charge in [-0.05, 0) is 0 Å². The summed E-state index contributed by atoms with van der Waals surface area (Å²) in [5, 5.41) is 3.27. The molecule has 0 fully saturated rings. The molecule has 3 nitrogen and oxygen atoms in total. The average Bonchev–Trinajstić information content (AvgIpc) is 2.27. The van der Waals surface area contributed by atoms with Gasteiger partial charge >= 0.3 is 0 Å². The Bertz CT molecular complexity index is 372. The largest absolute Gasteiger partial charge is 0.497 e. The highest BCUT2D eigenvalue weighted by Crippen LogP contribution is 2.34. The van der Waals surface area contributed by atoms with Gasteiger partial charge in [0, 0.05) is 29.9 Å². The van der Waals surface area contributed by atoms with Crippen LogP contribution in [0.25, 0.3) is 6.08 Å². The molecule has 0 aliphatic carbocycles. The molecular formula is C11H13NO2. The molecule has 14 heavy (non-hydrogen) atoms. The molecule has 0 spiro atoms. The lowest BCUT2D eigenvalue weighted by molar-refractivity contribution is 0.394. The molecule has 74 valence electrons. The number of ether oxygens (including phenoxy) is 2. The van der Waals surface area contributed by atoms with Crippen LogP contribution in [0.2, 0.25) is 0 Å². The van der Waals surface area contributed by atoms with Crippen LogP contribution >= 0.6 is 0 Å². The van der Waals surface area contributed by atoms with Crippen LogP contribution in [0.1, 0.15) is 5.56 Å². The van der Waals surface area contributed by atoms with Gasteiger partial charge in [0.05, 0.1) is 14.2 Å². The molecule has 1 aromatic carbocycles. The first-order chi connectivity index (χ1) is 6.85. The quantitative estimate of drug-likeness (QED) is 0.776. The molecule has 0 saturated carbocycles. The van der Waals surface area contributed by atoms with Crippen molar-refractivity contribution in [1.29, 1.82) is 0 Å². The predicted molar refractivity (Wildman–Crippen MR) is 57.1 cm³/mol. The monoisotopic (exact) mass is 191 g/mol. The number of hydrogen-bond donors (Lipinski definition) is 1. The number of fused-ring (bicyclic) bond motifs is 1. The minimum atomic E-state index is 0.809. The molecule has 2 rings (SSSR count). The summed E-state index contributed by atoms with van der Waals surface area (Å²) in [7, 11) is 3.32. The Morgan fingerprint density at radius 1 is 1.21 bits per heavy atom. The Morgan fingerprint density at radius 3 is 2.79 bits per heavy atom. The normalized spacial score (nSPS) is 13.0. The van der Waals surface area contributed by atoms with Crippen molar-refractivity contribution < 1.29 is 9.47 Å². The van der Waals surface area contributed by atoms with E-state index in [2.05, 4.69) is 17.5 Å². The van der Waals surface area contributed by atoms with Gasteiger partial charge in [-0.15, -0.1) is 0 Å². The van der Waals surface area contributed by atoms with Gasteiger partial charge in [0.25, 0.3) is 0 Å². The van der Waals surface area contributed by atoms with Gasteiger partial charge in [0.2, 0.25) is 0 Å². The molecule has 0 saturated heterocycles. The van der Waals surface area contributed by atoms with Crippen LogP contribution in [0.4, 0.5) is 5.69 Å². The number of anilines is 1. The van der Waals surface area contributed by atoms with E-state index in [0.717, 1.165) is 29.3 Å². The summed E-state index contributed by atoms with van der Waals surface area (Å²) >= 11 is 0. The third-order valence-corrected chi connectivity index (χ3v) is 2.27. The van der Waals surface area contributed by atoms with Gasteiger partial charge in [0.15, 0.2) is 0 Å². The van der Waals surface area contributed by atoms with E-state index in [-0.39, 0.29) is 0 Å². The van der Waals surface area contributed by atoms with E-state index >= 15 is 0 Å². The lowest BCUT2D eigenvalue weighted by Crippen LogP contribution is -2.05. The third kappa shape index (κ3) is 1.41. The highest BCUT2D eigenvalue weighted by Gasteiger charge is 2.11. The van der Waals surface area contributed by atoms with E-state index in [0.29, 0.717) is 0 Å². The molecule has 1 aromatic rings. The second-order valence-electron chi connectivity index (χ2n) is 3.07. The standard InChI is InChI=1S/C11H13NO2/c1-13-8-6-10-9(4-3-5-12-10)11(7-8)14-2/h3-4,6-7,12H,5H2,1-2H3. The molecule has 1 heterocycles. The van der Waals surface area contributed by atoms with E-state index < -0.39 is 0 Å². The van der Waals surface area contributed by atoms with Crippen LogP contribution in [0.15, 0.2) is 18.2 Å². The lowest BCUT2D eigenvalue weighted by Gasteiger charge is -2.17. The Morgan fingerprint density at radius 2 is 2.07 bits per heavy atom. The zero-order chi connectivity index (χ0) is 9.97. The van der Waals surface area contributed by atoms with E-state index in [9.17, 15) is 0 Å². The van der Waals surface area contributed by atoms with E-state index in [1.807, 2.05) is 12.1 Å². The van der Waals surface area contributed by atoms with Crippen molar-refractivity contribution in [1.82, 2.24) is 0 Å². The van der Waals surface area contributed by atoms with Gasteiger partial charge in [-0.1, -0.05) is 12.2 Å². The molecule has 1 aliphatic rings. The predicted octanol–water partition coefficient (Wildman–Crippen LogP) is 2.14. The summed E-state index contributed by atoms with van der Waals surface area (Å²) < 4.78 is 10.5. The minimum Gasteiger partial charge on any atom is -0.497 e. The van der Waals surface area contributed by atoms with Crippen LogP contribution in [0.3, 0.4) is 0 Å². The summed E-state index contributed by atoms with van der Waals surface area (Å²) in [6.07, 6.45) is 4.13. The first-order valence-electron chi connectivity index (χ1n) is 4.51. The first kappa shape index (κ1) is 8.94. The second-order valence-corrected chi connectivity index (χ2v) is 3.07. The number of hydrogen-bond acceptors (Lipinski definition) is 3. The number of rotatable bonds is 2. The Kier molecular flexibility index (Phi) is 2.31. The highest BCUT2D eigenvalue weighted by molar-refractivity contribution is 5.76. The van der Waals surface area contributed by atoms with Crippen LogP contribution in [0.5, 0.6) is 11.5 Å². The van der Waals surface area contributed by atoms with Gasteiger partial charge in [0.1, 0.15) is 11.5 Å². The molecule has 3 heteroatoms. The van der Waals surface area contributed by atoms with Gasteiger partial charge in [-0.2, -0.15) is 0 Å². The molecule has 1 N–H and O–H groups in total. The highest BCUT2D eigenvalue weighted by atomic mass is 16.5. The maximum atomic E-state index is 5.28. The SMILES string of the molecule is COc1cc2c(c(OC)c1)C=CCN2. The number of benzene rings is 1. The van der Waals surface area contributed by atoms with Crippen LogP contribution in [-0.2, 0) is 0 Å². The van der Waals surface area contributed by atoms with Crippen molar-refractivity contribution in [3.63, 3.8) is 0 Å². The number of nitrogens with one attached hydrogen (secondary N) is 1. The van der Waals surface area contributed by atoms with Crippen LogP contribution in [0, 0.1) is 0 Å². The van der Waals surface area contributed by atoms with Crippen molar-refractivity contribution in [3.8, 4) is 11.5 Å². The fraction of sp³-hybridized carbons (Fsp3) is 0.273. The van der Waals surface area contributed by atoms with E-state index in [1.165, 1.54) is 0 Å². The van der Waals surface area contributed by atoms with Gasteiger partial charge in [-0.25, -0.2) is 0 Å². The first-order valence-corrected chi connectivity index (χ1v) is 4.51. The summed E-state index contributed by atoms with van der Waals surface area (Å²) in [6.45, 7) is 0.851. The molecule has 0 amide bonds. The Labute approximate surface area is 83.3 Å². The minimum absolute atomic E-state index is 0.809. The fourth-order valence-corrected chi connectivity index (χ4v) is 1.55. The molecule has 1 aliphatic heterocycles. The van der Waals surface area contributed by atoms with Crippen LogP contribution < -0.4 is 14.8 Å². The molecule has 0 unspecified atom stereocenters. The molecule has 0 radical (unpaired) electrons. The lowest BCUT2D eigenvalue weighted by atomic mass is 10.1. The topological polar surface area (TPSA) is 30.5 Å². The zero-order valence-corrected chi connectivity index (χ0v) is 8.33. The summed E-state index contributed by atoms with van der Waals surface area (Å²) in [6, 6.07) is 3.86. The molecule has 0 bridgehead atoms. The molecule has 0 atom stereocenters. The molecule has 0 aromatic heterocycles. The molecular weight excluding hydrogens is 178 g/mol. The summed E-state index contributed by atoms with van der Waals surface area (Å²) in [5.41, 5.74) is 2.14. The van der Waals surface area contributed by atoms with Gasteiger partial charge in [-0.3, -0.25) is 0 Å². The van der Waals surface area contributed by atoms with Crippen LogP contribution in [-0.4, -0.2) is 20.8 Å². The van der Waals surface area contributed by atoms with Crippen molar-refractivity contribution in [2.75, 3.05) is 26.1 Å². The van der Waals surface area contributed by atoms with Crippen molar-refractivity contribution in [3.05, 3.63) is 23.8 Å². The third-order valence-electron chi connectivity index (χ3n) is 2.27. The maximum Gasteiger partial charge on any atom is 0.131 e. The van der Waals surface area contributed by atoms with Crippen molar-refractivity contribution in [2.24, 2.45) is 0 Å². The van der Waals surface area contributed by atoms with Gasteiger partial charge < -0.3 is 14.8 Å². The maximum absolute atomic E-state index is 5.28. The smallest absolute Gasteiger partial charge is 0.131 e. The van der Waals surface area contributed by atoms with Crippen molar-refractivity contribution in [2.45, 2.75) is 0 Å². The Hall–Kier alpha value is -1.64. The van der Waals surface area contributed by atoms with Crippen molar-refractivity contribution >= 4 is 11.8 Å². The Balaban J connectivity index is 2.54. The summed E-state index contributed by atoms with van der Waals surface area (Å²) in [5.74, 6) is 1.64. The number of methoxy groups -OCH3 is 2. The average molecular weight is 191 g/mol. The summed E-state index contributed by atoms with van der Waals surface area (Å²) in [4.78, 5) is 0. The second kappa shape index (κ2) is 3.62. The van der Waals surface area contributed by atoms with E-state index in [4.69, 9.17) is 9.47 Å². The van der Waals surface area contributed by atoms with E-state index in [1.54, 1.807) is 14.2 Å². The zero-order valence-electron chi connectivity index (χ0n) is 8.33. The fourth-order valence-electron chi connectivity index (χ4n) is 1.55.